The minimum atomic E-state index is -0.463. The Labute approximate surface area is 173 Å². The molecule has 1 aliphatic rings. The molecular formula is C22H23N3O3S. The maximum Gasteiger partial charge on any atom is 0.339 e. The average molecular weight is 410 g/mol. The first-order chi connectivity index (χ1) is 14.1. The van der Waals surface area contributed by atoms with Crippen molar-refractivity contribution in [2.45, 2.75) is 18.8 Å². The third-order valence-corrected chi connectivity index (χ3v) is 6.34. The summed E-state index contributed by atoms with van der Waals surface area (Å²) in [5.41, 5.74) is 1.88. The van der Waals surface area contributed by atoms with Gasteiger partial charge >= 0.3 is 5.97 Å². The number of para-hydroxylation sites is 2. The number of thiazole rings is 1. The van der Waals surface area contributed by atoms with Gasteiger partial charge in [-0.15, -0.1) is 11.3 Å². The Balaban J connectivity index is 1.41. The van der Waals surface area contributed by atoms with Crippen molar-refractivity contribution in [3.8, 4) is 0 Å². The van der Waals surface area contributed by atoms with Crippen LogP contribution in [0.15, 0.2) is 48.5 Å². The predicted molar refractivity (Wildman–Crippen MR) is 114 cm³/mol. The smallest absolute Gasteiger partial charge is 0.339 e. The lowest BCUT2D eigenvalue weighted by Crippen LogP contribution is -2.39. The van der Waals surface area contributed by atoms with Gasteiger partial charge in [0.1, 0.15) is 0 Å². The minimum Gasteiger partial charge on any atom is -0.465 e. The van der Waals surface area contributed by atoms with Crippen LogP contribution in [0.3, 0.4) is 0 Å². The fraction of sp³-hybridized carbons (Fsp3) is 0.318. The minimum absolute atomic E-state index is 0.133. The molecule has 1 atom stereocenters. The van der Waals surface area contributed by atoms with Gasteiger partial charge in [-0.3, -0.25) is 9.69 Å². The maximum atomic E-state index is 12.6. The van der Waals surface area contributed by atoms with Crippen LogP contribution < -0.4 is 5.32 Å². The molecule has 3 aromatic rings. The summed E-state index contributed by atoms with van der Waals surface area (Å²) in [6, 6.07) is 15.1. The van der Waals surface area contributed by atoms with Crippen LogP contribution in [0.25, 0.3) is 10.2 Å². The zero-order valence-electron chi connectivity index (χ0n) is 16.3. The number of amides is 1. The van der Waals surface area contributed by atoms with Crippen LogP contribution in [0.4, 0.5) is 5.69 Å². The Hall–Kier alpha value is -2.77. The molecule has 2 aromatic carbocycles. The molecule has 1 N–H and O–H groups in total. The molecule has 1 aliphatic heterocycles. The summed E-state index contributed by atoms with van der Waals surface area (Å²) in [5, 5.41) is 4.00. The summed E-state index contributed by atoms with van der Waals surface area (Å²) < 4.78 is 6.00. The number of likely N-dealkylation sites (tertiary alicyclic amines) is 1. The van der Waals surface area contributed by atoms with E-state index in [9.17, 15) is 9.59 Å². The third kappa shape index (κ3) is 4.46. The van der Waals surface area contributed by atoms with Crippen LogP contribution in [-0.2, 0) is 9.53 Å². The second-order valence-corrected chi connectivity index (χ2v) is 8.24. The quantitative estimate of drug-likeness (QED) is 0.647. The first kappa shape index (κ1) is 19.5. The van der Waals surface area contributed by atoms with Gasteiger partial charge in [-0.2, -0.15) is 0 Å². The second-order valence-electron chi connectivity index (χ2n) is 7.18. The summed E-state index contributed by atoms with van der Waals surface area (Å²) in [7, 11) is 1.33. The normalized spacial score (nSPS) is 17.2. The molecule has 0 unspecified atom stereocenters. The molecule has 0 aliphatic carbocycles. The number of nitrogens with zero attached hydrogens (tertiary/aromatic N) is 2. The molecule has 1 aromatic heterocycles. The van der Waals surface area contributed by atoms with Crippen molar-refractivity contribution in [1.29, 1.82) is 0 Å². The van der Waals surface area contributed by atoms with E-state index >= 15 is 0 Å². The largest absolute Gasteiger partial charge is 0.465 e. The standard InChI is InChI=1S/C22H23N3O3S/c1-28-22(27)16-8-2-3-9-17(16)23-20(26)14-25-12-6-7-15(13-25)21-24-18-10-4-5-11-19(18)29-21/h2-5,8-11,15H,6-7,12-14H2,1H3,(H,23,26)/t15-/m0/s1. The molecule has 7 heteroatoms. The SMILES string of the molecule is COC(=O)c1ccccc1NC(=O)CN1CCC[C@H](c2nc3ccccc3s2)C1. The zero-order chi connectivity index (χ0) is 20.2. The number of rotatable bonds is 5. The Morgan fingerprint density at radius 3 is 2.83 bits per heavy atom. The van der Waals surface area contributed by atoms with Crippen molar-refractivity contribution in [1.82, 2.24) is 9.88 Å². The van der Waals surface area contributed by atoms with E-state index in [-0.39, 0.29) is 12.5 Å². The number of ether oxygens (including phenoxy) is 1. The molecule has 1 amide bonds. The lowest BCUT2D eigenvalue weighted by atomic mass is 9.99. The maximum absolute atomic E-state index is 12.6. The molecule has 29 heavy (non-hydrogen) atoms. The van der Waals surface area contributed by atoms with Gasteiger partial charge in [-0.05, 0) is 43.7 Å². The molecule has 0 spiro atoms. The van der Waals surface area contributed by atoms with E-state index in [2.05, 4.69) is 16.3 Å². The van der Waals surface area contributed by atoms with Crippen molar-refractivity contribution >= 4 is 39.1 Å². The summed E-state index contributed by atoms with van der Waals surface area (Å²) in [6.45, 7) is 1.98. The number of methoxy groups -OCH3 is 1. The fourth-order valence-corrected chi connectivity index (χ4v) is 4.83. The highest BCUT2D eigenvalue weighted by Gasteiger charge is 2.25. The highest BCUT2D eigenvalue weighted by Crippen LogP contribution is 2.32. The highest BCUT2D eigenvalue weighted by molar-refractivity contribution is 7.18. The number of esters is 1. The number of fused-ring (bicyclic) bond motifs is 1. The van der Waals surface area contributed by atoms with Crippen LogP contribution in [-0.4, -0.2) is 48.5 Å². The van der Waals surface area contributed by atoms with Crippen LogP contribution >= 0.6 is 11.3 Å². The number of anilines is 1. The van der Waals surface area contributed by atoms with Gasteiger partial charge in [-0.1, -0.05) is 24.3 Å². The first-order valence-electron chi connectivity index (χ1n) is 9.69. The van der Waals surface area contributed by atoms with E-state index in [4.69, 9.17) is 9.72 Å². The topological polar surface area (TPSA) is 71.5 Å². The van der Waals surface area contributed by atoms with E-state index < -0.39 is 5.97 Å². The number of nitrogens with one attached hydrogen (secondary N) is 1. The molecule has 0 radical (unpaired) electrons. The number of hydrogen-bond acceptors (Lipinski definition) is 6. The van der Waals surface area contributed by atoms with Crippen molar-refractivity contribution < 1.29 is 14.3 Å². The Morgan fingerprint density at radius 2 is 2.00 bits per heavy atom. The molecule has 150 valence electrons. The first-order valence-corrected chi connectivity index (χ1v) is 10.5. The van der Waals surface area contributed by atoms with E-state index in [1.807, 2.05) is 18.2 Å². The van der Waals surface area contributed by atoms with E-state index in [1.54, 1.807) is 35.6 Å². The Morgan fingerprint density at radius 1 is 1.21 bits per heavy atom. The Bertz CT molecular complexity index is 1000. The molecule has 4 rings (SSSR count). The van der Waals surface area contributed by atoms with Gasteiger partial charge in [-0.25, -0.2) is 9.78 Å². The predicted octanol–water partition coefficient (Wildman–Crippen LogP) is 3.90. The highest BCUT2D eigenvalue weighted by atomic mass is 32.1. The van der Waals surface area contributed by atoms with Crippen molar-refractivity contribution in [2.24, 2.45) is 0 Å². The lowest BCUT2D eigenvalue weighted by Gasteiger charge is -2.31. The molecular weight excluding hydrogens is 386 g/mol. The van der Waals surface area contributed by atoms with Crippen LogP contribution in [0.2, 0.25) is 0 Å². The van der Waals surface area contributed by atoms with Crippen LogP contribution in [0.1, 0.15) is 34.1 Å². The Kier molecular flexibility index (Phi) is 5.87. The third-order valence-electron chi connectivity index (χ3n) is 5.14. The van der Waals surface area contributed by atoms with Gasteiger partial charge < -0.3 is 10.1 Å². The second kappa shape index (κ2) is 8.71. The lowest BCUT2D eigenvalue weighted by molar-refractivity contribution is -0.117. The summed E-state index contributed by atoms with van der Waals surface area (Å²) in [6.07, 6.45) is 2.12. The van der Waals surface area contributed by atoms with E-state index in [1.165, 1.54) is 11.8 Å². The average Bonchev–Trinajstić information content (AvgIpc) is 3.18. The van der Waals surface area contributed by atoms with Crippen molar-refractivity contribution in [3.05, 3.63) is 59.1 Å². The number of benzene rings is 2. The van der Waals surface area contributed by atoms with Crippen LogP contribution in [0.5, 0.6) is 0 Å². The summed E-state index contributed by atoms with van der Waals surface area (Å²) in [5.74, 6) is -0.252. The molecule has 1 fully saturated rings. The van der Waals surface area contributed by atoms with Crippen LogP contribution in [0, 0.1) is 0 Å². The van der Waals surface area contributed by atoms with Gasteiger partial charge in [0.15, 0.2) is 0 Å². The molecule has 1 saturated heterocycles. The number of carbonyl (C=O) groups is 2. The van der Waals surface area contributed by atoms with Gasteiger partial charge in [0.2, 0.25) is 5.91 Å². The number of aromatic nitrogens is 1. The number of piperidine rings is 1. The summed E-state index contributed by atoms with van der Waals surface area (Å²) in [4.78, 5) is 31.5. The molecule has 2 heterocycles. The van der Waals surface area contributed by atoms with Gasteiger partial charge in [0, 0.05) is 12.5 Å². The molecule has 0 saturated carbocycles. The fourth-order valence-electron chi connectivity index (χ4n) is 3.74. The number of carbonyl (C=O) groups excluding carboxylic acids is 2. The van der Waals surface area contributed by atoms with E-state index in [0.29, 0.717) is 17.2 Å². The monoisotopic (exact) mass is 409 g/mol. The summed E-state index contributed by atoms with van der Waals surface area (Å²) >= 11 is 1.75. The van der Waals surface area contributed by atoms with E-state index in [0.717, 1.165) is 36.5 Å². The molecule has 6 nitrogen and oxygen atoms in total. The van der Waals surface area contributed by atoms with Crippen molar-refractivity contribution in [2.75, 3.05) is 32.1 Å². The van der Waals surface area contributed by atoms with Gasteiger partial charge in [0.25, 0.3) is 0 Å². The van der Waals surface area contributed by atoms with Gasteiger partial charge in [0.05, 0.1) is 40.1 Å². The zero-order valence-corrected chi connectivity index (χ0v) is 17.1. The number of hydrogen-bond donors (Lipinski definition) is 1. The van der Waals surface area contributed by atoms with Crippen molar-refractivity contribution in [3.63, 3.8) is 0 Å². The molecule has 0 bridgehead atoms.